The van der Waals surface area contributed by atoms with Gasteiger partial charge in [0.05, 0.1) is 5.92 Å². The van der Waals surface area contributed by atoms with Crippen molar-refractivity contribution in [3.05, 3.63) is 0 Å². The Morgan fingerprint density at radius 1 is 1.36 bits per heavy atom. The second kappa shape index (κ2) is 5.11. The van der Waals surface area contributed by atoms with Crippen molar-refractivity contribution in [1.82, 2.24) is 4.67 Å². The summed E-state index contributed by atoms with van der Waals surface area (Å²) in [5.41, 5.74) is 0. The van der Waals surface area contributed by atoms with Crippen LogP contribution in [0.25, 0.3) is 0 Å². The minimum Gasteiger partial charge on any atom is -0.451 e. The van der Waals surface area contributed by atoms with E-state index in [4.69, 9.17) is 0 Å². The molecule has 1 aliphatic rings. The molecule has 4 heteroatoms. The fourth-order valence-corrected chi connectivity index (χ4v) is 2.04. The van der Waals surface area contributed by atoms with Gasteiger partial charge < -0.3 is 5.11 Å². The van der Waals surface area contributed by atoms with Gasteiger partial charge in [-0.05, 0) is 31.6 Å². The third kappa shape index (κ3) is 3.11. The van der Waals surface area contributed by atoms with E-state index in [1.807, 2.05) is 0 Å². The molecule has 1 aliphatic carbocycles. The Labute approximate surface area is 82.4 Å². The molecule has 0 aliphatic heterocycles. The molecule has 80 valence electrons. The van der Waals surface area contributed by atoms with Gasteiger partial charge in [-0.25, -0.2) is 8.78 Å². The minimum atomic E-state index is -2.20. The average molecular weight is 204 g/mol. The summed E-state index contributed by atoms with van der Waals surface area (Å²) in [6.45, 7) is 3.25. The van der Waals surface area contributed by atoms with Gasteiger partial charge in [0.25, 0.3) is 6.72 Å². The molecule has 1 N–H and O–H groups in total. The van der Waals surface area contributed by atoms with Crippen LogP contribution in [0.1, 0.15) is 32.1 Å². The first kappa shape index (κ1) is 11.2. The van der Waals surface area contributed by atoms with E-state index in [1.165, 1.54) is 0 Å². The molecule has 0 unspecified atom stereocenters. The Bertz CT molecular complexity index is 228. The highest BCUT2D eigenvalue weighted by atomic mass is 19.3. The maximum atomic E-state index is 12.1. The molecular weight excluding hydrogens is 188 g/mol. The van der Waals surface area contributed by atoms with Crippen molar-refractivity contribution in [2.75, 3.05) is 0 Å². The number of hydrogen-bond donors (Lipinski definition) is 1. The van der Waals surface area contributed by atoms with Crippen molar-refractivity contribution >= 4 is 12.6 Å². The predicted molar refractivity (Wildman–Crippen MR) is 53.0 cm³/mol. The van der Waals surface area contributed by atoms with Crippen LogP contribution < -0.4 is 4.67 Å². The number of halogens is 2. The molecule has 0 heterocycles. The highest BCUT2D eigenvalue weighted by Gasteiger charge is 2.30. The lowest BCUT2D eigenvalue weighted by molar-refractivity contribution is 0.100. The maximum absolute atomic E-state index is 12.1. The van der Waals surface area contributed by atoms with Gasteiger partial charge in [-0.1, -0.05) is 4.67 Å². The monoisotopic (exact) mass is 204 g/mol. The Morgan fingerprint density at radius 3 is 2.36 bits per heavy atom. The number of aliphatic hydroxyl groups excluding tert-OH is 1. The molecule has 1 saturated carbocycles. The van der Waals surface area contributed by atoms with Gasteiger partial charge in [0.15, 0.2) is 0 Å². The van der Waals surface area contributed by atoms with E-state index in [-0.39, 0.29) is 24.2 Å². The summed E-state index contributed by atoms with van der Waals surface area (Å²) in [6.07, 6.45) is 0.814. The lowest BCUT2D eigenvalue weighted by atomic mass is 9.80. The van der Waals surface area contributed by atoms with E-state index in [1.54, 1.807) is 0 Å². The van der Waals surface area contributed by atoms with Crippen LogP contribution in [-0.4, -0.2) is 24.1 Å². The quantitative estimate of drug-likeness (QED) is 0.426. The summed E-state index contributed by atoms with van der Waals surface area (Å²) in [5.74, 6) is 0.228. The summed E-state index contributed by atoms with van der Waals surface area (Å²) in [5, 5.41) is 9.29. The molecule has 0 bridgehead atoms. The summed E-state index contributed by atoms with van der Waals surface area (Å²) in [6, 6.07) is 0. The minimum absolute atomic E-state index is 0.00496. The van der Waals surface area contributed by atoms with Crippen molar-refractivity contribution in [2.24, 2.45) is 11.8 Å². The normalized spacial score (nSPS) is 27.4. The van der Waals surface area contributed by atoms with E-state index in [2.05, 4.69) is 11.4 Å². The van der Waals surface area contributed by atoms with Crippen LogP contribution in [0, 0.1) is 11.8 Å². The zero-order valence-electron chi connectivity index (χ0n) is 8.13. The lowest BCUT2D eigenvalue weighted by Gasteiger charge is -2.24. The second-order valence-electron chi connectivity index (χ2n) is 3.86. The number of aliphatic hydroxyl groups is 1. The zero-order chi connectivity index (χ0) is 10.6. The summed E-state index contributed by atoms with van der Waals surface area (Å²) < 4.78 is 27.6. The molecule has 1 rings (SSSR count). The van der Waals surface area contributed by atoms with Crippen LogP contribution in [0.4, 0.5) is 8.78 Å². The molecule has 2 nitrogen and oxygen atoms in total. The number of nitrogens with zero attached hydrogens (tertiary/aromatic N) is 1. The van der Waals surface area contributed by atoms with Gasteiger partial charge in [0, 0.05) is 6.42 Å². The first-order chi connectivity index (χ1) is 6.63. The number of rotatable bonds is 3. The van der Waals surface area contributed by atoms with E-state index >= 15 is 0 Å². The van der Waals surface area contributed by atoms with Gasteiger partial charge in [0.1, 0.15) is 0 Å². The van der Waals surface area contributed by atoms with Gasteiger partial charge in [-0.2, -0.15) is 0 Å². The van der Waals surface area contributed by atoms with Crippen LogP contribution >= 0.6 is 0 Å². The van der Waals surface area contributed by atoms with Crippen LogP contribution in [-0.2, 0) is 0 Å². The third-order valence-electron chi connectivity index (χ3n) is 2.89. The molecule has 0 amide bonds. The van der Waals surface area contributed by atoms with Gasteiger partial charge in [-0.15, -0.1) is 0 Å². The van der Waals surface area contributed by atoms with Gasteiger partial charge in [-0.3, -0.25) is 0 Å². The van der Waals surface area contributed by atoms with Crippen molar-refractivity contribution < 1.29 is 13.9 Å². The Hall–Kier alpha value is -0.890. The molecule has 0 aromatic rings. The van der Waals surface area contributed by atoms with Gasteiger partial charge in [0.2, 0.25) is 6.43 Å². The summed E-state index contributed by atoms with van der Waals surface area (Å²) in [7, 11) is 0. The molecule has 0 radical (unpaired) electrons. The Balaban J connectivity index is 2.35. The molecular formula is C10H16F2NO+. The molecule has 0 spiro atoms. The topological polar surface area (TPSA) is 34.3 Å². The molecule has 14 heavy (non-hydrogen) atoms. The first-order valence-corrected chi connectivity index (χ1v) is 4.94. The maximum Gasteiger partial charge on any atom is 0.461 e. The van der Waals surface area contributed by atoms with Crippen molar-refractivity contribution in [2.45, 2.75) is 38.5 Å². The predicted octanol–water partition coefficient (Wildman–Crippen LogP) is 2.17. The van der Waals surface area contributed by atoms with E-state index in [9.17, 15) is 13.9 Å². The standard InChI is InChI=1S/C10H15F2NO/c1-13-10(14)8-4-2-7(3-5-8)6-9(11)12/h7-9H,1-6H2/p+1. The van der Waals surface area contributed by atoms with Crippen molar-refractivity contribution in [3.8, 4) is 0 Å². The highest BCUT2D eigenvalue weighted by molar-refractivity contribution is 5.76. The largest absolute Gasteiger partial charge is 0.461 e. The molecule has 1 fully saturated rings. The Kier molecular flexibility index (Phi) is 4.08. The fourth-order valence-electron chi connectivity index (χ4n) is 2.04. The molecule has 0 saturated heterocycles. The van der Waals surface area contributed by atoms with Gasteiger partial charge >= 0.3 is 5.90 Å². The third-order valence-corrected chi connectivity index (χ3v) is 2.89. The zero-order valence-corrected chi connectivity index (χ0v) is 8.13. The van der Waals surface area contributed by atoms with E-state index in [0.717, 1.165) is 25.7 Å². The summed E-state index contributed by atoms with van der Waals surface area (Å²) >= 11 is 0. The smallest absolute Gasteiger partial charge is 0.451 e. The Morgan fingerprint density at radius 2 is 1.93 bits per heavy atom. The van der Waals surface area contributed by atoms with Crippen molar-refractivity contribution in [1.29, 1.82) is 0 Å². The SMILES string of the molecule is C=[N+]=C(O)C1CCC(CC(F)F)CC1. The highest BCUT2D eigenvalue weighted by Crippen LogP contribution is 2.32. The van der Waals surface area contributed by atoms with Crippen LogP contribution in [0.5, 0.6) is 0 Å². The molecule has 0 atom stereocenters. The average Bonchev–Trinajstić information content (AvgIpc) is 2.17. The van der Waals surface area contributed by atoms with E-state index < -0.39 is 6.43 Å². The van der Waals surface area contributed by atoms with E-state index in [0.29, 0.717) is 0 Å². The second-order valence-corrected chi connectivity index (χ2v) is 3.86. The molecule has 0 aromatic heterocycles. The van der Waals surface area contributed by atoms with Crippen molar-refractivity contribution in [3.63, 3.8) is 0 Å². The van der Waals surface area contributed by atoms with Crippen LogP contribution in [0.3, 0.4) is 0 Å². The fraction of sp³-hybridized carbons (Fsp3) is 0.800. The number of hydrogen-bond acceptors (Lipinski definition) is 0. The van der Waals surface area contributed by atoms with Crippen LogP contribution in [0.2, 0.25) is 0 Å². The number of alkyl halides is 2. The lowest BCUT2D eigenvalue weighted by Crippen LogP contribution is -2.23. The summed E-state index contributed by atoms with van der Waals surface area (Å²) in [4.78, 5) is 0. The molecule has 0 aromatic carbocycles. The van der Waals surface area contributed by atoms with Crippen LogP contribution in [0.15, 0.2) is 0 Å². The first-order valence-electron chi connectivity index (χ1n) is 4.94.